The summed E-state index contributed by atoms with van der Waals surface area (Å²) >= 11 is 0. The van der Waals surface area contributed by atoms with Crippen molar-refractivity contribution in [2.45, 2.75) is 6.04 Å². The van der Waals surface area contributed by atoms with Crippen LogP contribution in [0.1, 0.15) is 17.3 Å². The Bertz CT molecular complexity index is 952. The molecule has 2 aromatic carbocycles. The van der Waals surface area contributed by atoms with Crippen LogP contribution >= 0.6 is 0 Å². The highest BCUT2D eigenvalue weighted by atomic mass is 16.2. The molecule has 0 saturated carbocycles. The number of amides is 2. The Morgan fingerprint density at radius 2 is 1.69 bits per heavy atom. The normalized spacial score (nSPS) is 12.0. The lowest BCUT2D eigenvalue weighted by Crippen LogP contribution is -2.38. The Morgan fingerprint density at radius 1 is 0.962 bits per heavy atom. The number of carbonyl (C=O) groups is 2. The average Bonchev–Trinajstić information content (AvgIpc) is 2.70. The molecule has 3 rings (SSSR count). The van der Waals surface area contributed by atoms with Crippen molar-refractivity contribution in [2.75, 3.05) is 7.05 Å². The SMILES string of the molecule is CNC(=O)C(NC(=O)/C=C/c1ccc2ccccc2n1)c1ccccc1. The van der Waals surface area contributed by atoms with Gasteiger partial charge in [0.15, 0.2) is 0 Å². The van der Waals surface area contributed by atoms with Crippen LogP contribution in [0.4, 0.5) is 0 Å². The number of para-hydroxylation sites is 1. The molecule has 5 nitrogen and oxygen atoms in total. The van der Waals surface area contributed by atoms with E-state index < -0.39 is 6.04 Å². The molecule has 26 heavy (non-hydrogen) atoms. The van der Waals surface area contributed by atoms with Crippen LogP contribution in [-0.2, 0) is 9.59 Å². The summed E-state index contributed by atoms with van der Waals surface area (Å²) in [6.07, 6.45) is 3.02. The summed E-state index contributed by atoms with van der Waals surface area (Å²) in [6, 6.07) is 19.9. The van der Waals surface area contributed by atoms with Gasteiger partial charge in [0, 0.05) is 18.5 Å². The summed E-state index contributed by atoms with van der Waals surface area (Å²) in [4.78, 5) is 28.9. The lowest BCUT2D eigenvalue weighted by atomic mass is 10.1. The molecule has 0 saturated heterocycles. The molecule has 3 aromatic rings. The number of likely N-dealkylation sites (N-methyl/N-ethyl adjacent to an activating group) is 1. The van der Waals surface area contributed by atoms with E-state index in [4.69, 9.17) is 0 Å². The third-order valence-electron chi connectivity index (χ3n) is 3.95. The standard InChI is InChI=1S/C21H19N3O2/c1-22-21(26)20(16-8-3-2-4-9-16)24-19(25)14-13-17-12-11-15-7-5-6-10-18(15)23-17/h2-14,20H,1H3,(H,22,26)(H,24,25)/b14-13+. The molecule has 0 aliphatic heterocycles. The van der Waals surface area contributed by atoms with Gasteiger partial charge in [-0.15, -0.1) is 0 Å². The van der Waals surface area contributed by atoms with Gasteiger partial charge in [-0.2, -0.15) is 0 Å². The molecule has 0 fully saturated rings. The molecular weight excluding hydrogens is 326 g/mol. The zero-order valence-corrected chi connectivity index (χ0v) is 14.3. The van der Waals surface area contributed by atoms with Gasteiger partial charge in [0.1, 0.15) is 6.04 Å². The Morgan fingerprint density at radius 3 is 2.46 bits per heavy atom. The first-order chi connectivity index (χ1) is 12.7. The molecule has 1 atom stereocenters. The first-order valence-electron chi connectivity index (χ1n) is 8.28. The van der Waals surface area contributed by atoms with Crippen LogP contribution in [0.3, 0.4) is 0 Å². The number of pyridine rings is 1. The average molecular weight is 345 g/mol. The lowest BCUT2D eigenvalue weighted by Gasteiger charge is -2.16. The highest BCUT2D eigenvalue weighted by Crippen LogP contribution is 2.14. The van der Waals surface area contributed by atoms with Gasteiger partial charge in [-0.3, -0.25) is 9.59 Å². The zero-order valence-electron chi connectivity index (χ0n) is 14.3. The summed E-state index contributed by atoms with van der Waals surface area (Å²) in [5.41, 5.74) is 2.26. The molecule has 130 valence electrons. The van der Waals surface area contributed by atoms with Gasteiger partial charge in [0.25, 0.3) is 0 Å². The number of aromatic nitrogens is 1. The van der Waals surface area contributed by atoms with Crippen LogP contribution in [0, 0.1) is 0 Å². The van der Waals surface area contributed by atoms with E-state index in [0.29, 0.717) is 5.69 Å². The molecule has 2 amide bonds. The zero-order chi connectivity index (χ0) is 18.4. The molecule has 2 N–H and O–H groups in total. The quantitative estimate of drug-likeness (QED) is 0.699. The Hall–Kier alpha value is -3.47. The fourth-order valence-electron chi connectivity index (χ4n) is 2.62. The number of hydrogen-bond donors (Lipinski definition) is 2. The second-order valence-corrected chi connectivity index (χ2v) is 5.73. The summed E-state index contributed by atoms with van der Waals surface area (Å²) in [5.74, 6) is -0.640. The molecule has 0 spiro atoms. The van der Waals surface area contributed by atoms with Crippen molar-refractivity contribution in [1.29, 1.82) is 0 Å². The smallest absolute Gasteiger partial charge is 0.246 e. The molecule has 5 heteroatoms. The topological polar surface area (TPSA) is 71.1 Å². The van der Waals surface area contributed by atoms with Crippen molar-refractivity contribution in [1.82, 2.24) is 15.6 Å². The fourth-order valence-corrected chi connectivity index (χ4v) is 2.62. The second-order valence-electron chi connectivity index (χ2n) is 5.73. The van der Waals surface area contributed by atoms with Gasteiger partial charge in [-0.25, -0.2) is 4.98 Å². The van der Waals surface area contributed by atoms with E-state index in [0.717, 1.165) is 16.5 Å². The second kappa shape index (κ2) is 8.07. The maximum absolute atomic E-state index is 12.3. The molecule has 0 radical (unpaired) electrons. The maximum atomic E-state index is 12.3. The fraction of sp³-hybridized carbons (Fsp3) is 0.0952. The van der Waals surface area contributed by atoms with Crippen molar-refractivity contribution in [3.63, 3.8) is 0 Å². The number of carbonyl (C=O) groups excluding carboxylic acids is 2. The molecule has 1 aromatic heterocycles. The number of nitrogens with one attached hydrogen (secondary N) is 2. The third kappa shape index (κ3) is 4.13. The molecule has 0 aliphatic carbocycles. The van der Waals surface area contributed by atoms with Gasteiger partial charge in [-0.1, -0.05) is 54.6 Å². The summed E-state index contributed by atoms with van der Waals surface area (Å²) in [7, 11) is 1.54. The number of rotatable bonds is 5. The molecule has 0 aliphatic rings. The van der Waals surface area contributed by atoms with Gasteiger partial charge in [0.05, 0.1) is 11.2 Å². The predicted molar refractivity (Wildman–Crippen MR) is 102 cm³/mol. The largest absolute Gasteiger partial charge is 0.357 e. The van der Waals surface area contributed by atoms with Gasteiger partial charge >= 0.3 is 0 Å². The Balaban J connectivity index is 1.74. The van der Waals surface area contributed by atoms with Crippen molar-refractivity contribution in [3.8, 4) is 0 Å². The van der Waals surface area contributed by atoms with Gasteiger partial charge in [-0.05, 0) is 23.8 Å². The summed E-state index contributed by atoms with van der Waals surface area (Å²) in [5, 5.41) is 6.34. The van der Waals surface area contributed by atoms with Gasteiger partial charge in [0.2, 0.25) is 11.8 Å². The van der Waals surface area contributed by atoms with E-state index >= 15 is 0 Å². The van der Waals surface area contributed by atoms with Crippen LogP contribution < -0.4 is 10.6 Å². The Kier molecular flexibility index (Phi) is 5.39. The van der Waals surface area contributed by atoms with E-state index in [9.17, 15) is 9.59 Å². The minimum atomic E-state index is -0.747. The lowest BCUT2D eigenvalue weighted by molar-refractivity contribution is -0.126. The predicted octanol–water partition coefficient (Wildman–Crippen LogP) is 2.85. The maximum Gasteiger partial charge on any atom is 0.246 e. The number of fused-ring (bicyclic) bond motifs is 1. The first-order valence-corrected chi connectivity index (χ1v) is 8.28. The summed E-state index contributed by atoms with van der Waals surface area (Å²) in [6.45, 7) is 0. The first kappa shape index (κ1) is 17.4. The minimum Gasteiger partial charge on any atom is -0.357 e. The van der Waals surface area contributed by atoms with Crippen molar-refractivity contribution in [3.05, 3.63) is 84.1 Å². The van der Waals surface area contributed by atoms with Crippen molar-refractivity contribution >= 4 is 28.8 Å². The Labute approximate surface area is 151 Å². The van der Waals surface area contributed by atoms with E-state index in [1.165, 1.54) is 6.08 Å². The van der Waals surface area contributed by atoms with Crippen LogP contribution in [0.15, 0.2) is 72.8 Å². The molecule has 1 heterocycles. The van der Waals surface area contributed by atoms with Crippen LogP contribution in [0.5, 0.6) is 0 Å². The van der Waals surface area contributed by atoms with E-state index in [1.807, 2.05) is 54.6 Å². The minimum absolute atomic E-state index is 0.276. The molecule has 1 unspecified atom stereocenters. The van der Waals surface area contributed by atoms with Crippen LogP contribution in [0.25, 0.3) is 17.0 Å². The highest BCUT2D eigenvalue weighted by Gasteiger charge is 2.20. The number of nitrogens with zero attached hydrogens (tertiary/aromatic N) is 1. The number of hydrogen-bond acceptors (Lipinski definition) is 3. The van der Waals surface area contributed by atoms with Crippen LogP contribution in [-0.4, -0.2) is 23.8 Å². The van der Waals surface area contributed by atoms with E-state index in [1.54, 1.807) is 25.3 Å². The third-order valence-corrected chi connectivity index (χ3v) is 3.95. The van der Waals surface area contributed by atoms with Crippen LogP contribution in [0.2, 0.25) is 0 Å². The molecular formula is C21H19N3O2. The van der Waals surface area contributed by atoms with Crippen molar-refractivity contribution in [2.24, 2.45) is 0 Å². The van der Waals surface area contributed by atoms with Crippen molar-refractivity contribution < 1.29 is 9.59 Å². The molecule has 0 bridgehead atoms. The monoisotopic (exact) mass is 345 g/mol. The number of benzene rings is 2. The van der Waals surface area contributed by atoms with Gasteiger partial charge < -0.3 is 10.6 Å². The van der Waals surface area contributed by atoms with E-state index in [2.05, 4.69) is 15.6 Å². The summed E-state index contributed by atoms with van der Waals surface area (Å²) < 4.78 is 0. The highest BCUT2D eigenvalue weighted by molar-refractivity contribution is 5.96. The van der Waals surface area contributed by atoms with E-state index in [-0.39, 0.29) is 11.8 Å².